The third-order valence-corrected chi connectivity index (χ3v) is 5.18. The Kier molecular flexibility index (Phi) is 5.10. The summed E-state index contributed by atoms with van der Waals surface area (Å²) in [6, 6.07) is 15.9. The molecule has 144 valence electrons. The quantitative estimate of drug-likeness (QED) is 0.739. The summed E-state index contributed by atoms with van der Waals surface area (Å²) in [5.74, 6) is 0. The standard InChI is InChI=1S/C22H25N5O/c1-16-14-17(2)27(25-16)15-18-8-10-19(11-9-18)24-22(28)26-13-5-7-21(26)20-6-3-4-12-23-20/h3-4,6,8-12,14,21H,5,7,13,15H2,1-2H3,(H,24,28)/t21-/m0/s1. The van der Waals surface area contributed by atoms with Gasteiger partial charge in [0.2, 0.25) is 0 Å². The normalized spacial score (nSPS) is 16.4. The number of rotatable bonds is 4. The first-order valence-corrected chi connectivity index (χ1v) is 9.69. The fraction of sp³-hybridized carbons (Fsp3) is 0.318. The molecule has 0 saturated carbocycles. The van der Waals surface area contributed by atoms with Crippen molar-refractivity contribution >= 4 is 11.7 Å². The van der Waals surface area contributed by atoms with Crippen LogP contribution in [0.15, 0.2) is 54.7 Å². The van der Waals surface area contributed by atoms with Gasteiger partial charge in [0.15, 0.2) is 0 Å². The molecule has 6 heteroatoms. The van der Waals surface area contributed by atoms with E-state index in [0.717, 1.165) is 54.3 Å². The zero-order valence-electron chi connectivity index (χ0n) is 16.3. The number of aryl methyl sites for hydroxylation is 2. The van der Waals surface area contributed by atoms with Gasteiger partial charge in [-0.2, -0.15) is 5.10 Å². The highest BCUT2D eigenvalue weighted by Gasteiger charge is 2.30. The van der Waals surface area contributed by atoms with Crippen molar-refractivity contribution in [1.82, 2.24) is 19.7 Å². The fourth-order valence-electron chi connectivity index (χ4n) is 3.79. The van der Waals surface area contributed by atoms with Crippen LogP contribution in [-0.4, -0.2) is 32.2 Å². The number of anilines is 1. The lowest BCUT2D eigenvalue weighted by atomic mass is 10.1. The zero-order valence-corrected chi connectivity index (χ0v) is 16.3. The van der Waals surface area contributed by atoms with Gasteiger partial charge in [0.05, 0.1) is 24.0 Å². The van der Waals surface area contributed by atoms with Crippen LogP contribution in [0.1, 0.15) is 41.5 Å². The largest absolute Gasteiger partial charge is 0.322 e. The first-order valence-electron chi connectivity index (χ1n) is 9.69. The Bertz CT molecular complexity index is 949. The van der Waals surface area contributed by atoms with Crippen molar-refractivity contribution in [3.05, 3.63) is 77.4 Å². The molecule has 28 heavy (non-hydrogen) atoms. The van der Waals surface area contributed by atoms with Crippen LogP contribution in [0.5, 0.6) is 0 Å². The number of hydrogen-bond donors (Lipinski definition) is 1. The minimum atomic E-state index is -0.0700. The average molecular weight is 375 g/mol. The van der Waals surface area contributed by atoms with E-state index in [4.69, 9.17) is 0 Å². The maximum atomic E-state index is 12.8. The zero-order chi connectivity index (χ0) is 19.5. The predicted octanol–water partition coefficient (Wildman–Crippen LogP) is 4.31. The molecule has 4 rings (SSSR count). The predicted molar refractivity (Wildman–Crippen MR) is 109 cm³/mol. The molecule has 6 nitrogen and oxygen atoms in total. The molecule has 1 aromatic carbocycles. The molecule has 0 spiro atoms. The van der Waals surface area contributed by atoms with E-state index in [0.29, 0.717) is 0 Å². The van der Waals surface area contributed by atoms with Gasteiger partial charge in [-0.15, -0.1) is 0 Å². The Balaban J connectivity index is 1.41. The Morgan fingerprint density at radius 1 is 1.18 bits per heavy atom. The Morgan fingerprint density at radius 2 is 2.00 bits per heavy atom. The molecule has 0 radical (unpaired) electrons. The first-order chi connectivity index (χ1) is 13.6. The third kappa shape index (κ3) is 3.91. The number of urea groups is 1. The first kappa shape index (κ1) is 18.2. The van der Waals surface area contributed by atoms with Crippen molar-refractivity contribution in [2.75, 3.05) is 11.9 Å². The second-order valence-electron chi connectivity index (χ2n) is 7.32. The molecule has 0 unspecified atom stereocenters. The van der Waals surface area contributed by atoms with Crippen molar-refractivity contribution in [3.8, 4) is 0 Å². The van der Waals surface area contributed by atoms with Crippen LogP contribution in [0.25, 0.3) is 0 Å². The summed E-state index contributed by atoms with van der Waals surface area (Å²) in [6.45, 7) is 5.53. The van der Waals surface area contributed by atoms with E-state index in [1.165, 1.54) is 0 Å². The summed E-state index contributed by atoms with van der Waals surface area (Å²) in [7, 11) is 0. The van der Waals surface area contributed by atoms with Crippen LogP contribution in [0.4, 0.5) is 10.5 Å². The lowest BCUT2D eigenvalue weighted by molar-refractivity contribution is 0.206. The number of carbonyl (C=O) groups excluding carboxylic acids is 1. The lowest BCUT2D eigenvalue weighted by Crippen LogP contribution is -2.34. The van der Waals surface area contributed by atoms with Crippen LogP contribution in [-0.2, 0) is 6.54 Å². The highest BCUT2D eigenvalue weighted by atomic mass is 16.2. The summed E-state index contributed by atoms with van der Waals surface area (Å²) < 4.78 is 1.99. The van der Waals surface area contributed by atoms with E-state index >= 15 is 0 Å². The highest BCUT2D eigenvalue weighted by molar-refractivity contribution is 5.89. The van der Waals surface area contributed by atoms with Crippen LogP contribution < -0.4 is 5.32 Å². The summed E-state index contributed by atoms with van der Waals surface area (Å²) >= 11 is 0. The van der Waals surface area contributed by atoms with Crippen molar-refractivity contribution in [3.63, 3.8) is 0 Å². The number of benzene rings is 1. The molecule has 0 aliphatic carbocycles. The van der Waals surface area contributed by atoms with Gasteiger partial charge in [-0.3, -0.25) is 9.67 Å². The molecule has 3 aromatic rings. The van der Waals surface area contributed by atoms with E-state index in [-0.39, 0.29) is 12.1 Å². The number of amides is 2. The van der Waals surface area contributed by atoms with Gasteiger partial charge in [0.25, 0.3) is 0 Å². The number of nitrogens with one attached hydrogen (secondary N) is 1. The molecule has 1 fully saturated rings. The monoisotopic (exact) mass is 375 g/mol. The summed E-state index contributed by atoms with van der Waals surface area (Å²) in [4.78, 5) is 19.1. The van der Waals surface area contributed by atoms with Crippen molar-refractivity contribution in [2.45, 2.75) is 39.3 Å². The molecule has 2 amide bonds. The minimum Gasteiger partial charge on any atom is -0.316 e. The molecule has 1 aliphatic rings. The number of nitrogens with zero attached hydrogens (tertiary/aromatic N) is 4. The van der Waals surface area contributed by atoms with Crippen molar-refractivity contribution in [1.29, 1.82) is 0 Å². The molecule has 1 atom stereocenters. The molecule has 1 N–H and O–H groups in total. The number of likely N-dealkylation sites (tertiary alicyclic amines) is 1. The van der Waals surface area contributed by atoms with E-state index < -0.39 is 0 Å². The Morgan fingerprint density at radius 3 is 2.68 bits per heavy atom. The van der Waals surface area contributed by atoms with E-state index in [9.17, 15) is 4.79 Å². The SMILES string of the molecule is Cc1cc(C)n(Cc2ccc(NC(=O)N3CCC[C@H]3c3ccccn3)cc2)n1. The van der Waals surface area contributed by atoms with Crippen LogP contribution in [0.3, 0.4) is 0 Å². The third-order valence-electron chi connectivity index (χ3n) is 5.18. The minimum absolute atomic E-state index is 0.0477. The average Bonchev–Trinajstić information content (AvgIpc) is 3.31. The van der Waals surface area contributed by atoms with Gasteiger partial charge in [0.1, 0.15) is 0 Å². The highest BCUT2D eigenvalue weighted by Crippen LogP contribution is 2.31. The number of aromatic nitrogens is 3. The van der Waals surface area contributed by atoms with Gasteiger partial charge in [-0.05, 0) is 62.6 Å². The molecule has 2 aromatic heterocycles. The molecule has 0 bridgehead atoms. The fourth-order valence-corrected chi connectivity index (χ4v) is 3.79. The smallest absolute Gasteiger partial charge is 0.316 e. The maximum Gasteiger partial charge on any atom is 0.322 e. The Hall–Kier alpha value is -3.15. The maximum absolute atomic E-state index is 12.8. The molecule has 1 saturated heterocycles. The van der Waals surface area contributed by atoms with Crippen LogP contribution in [0.2, 0.25) is 0 Å². The topological polar surface area (TPSA) is 63.1 Å². The van der Waals surface area contributed by atoms with Crippen molar-refractivity contribution in [2.24, 2.45) is 0 Å². The molecule has 3 heterocycles. The van der Waals surface area contributed by atoms with Gasteiger partial charge in [0, 0.05) is 24.1 Å². The van der Waals surface area contributed by atoms with Crippen LogP contribution in [0, 0.1) is 13.8 Å². The number of carbonyl (C=O) groups is 1. The molecular formula is C22H25N5O. The van der Waals surface area contributed by atoms with Crippen LogP contribution >= 0.6 is 0 Å². The van der Waals surface area contributed by atoms with Crippen molar-refractivity contribution < 1.29 is 4.79 Å². The second kappa shape index (κ2) is 7.84. The summed E-state index contributed by atoms with van der Waals surface area (Å²) in [5.41, 5.74) is 5.07. The van der Waals surface area contributed by atoms with E-state index in [1.807, 2.05) is 59.0 Å². The molecular weight excluding hydrogens is 350 g/mol. The van der Waals surface area contributed by atoms with Gasteiger partial charge >= 0.3 is 6.03 Å². The number of pyridine rings is 1. The molecule has 1 aliphatic heterocycles. The van der Waals surface area contributed by atoms with E-state index in [1.54, 1.807) is 6.20 Å². The summed E-state index contributed by atoms with van der Waals surface area (Å²) in [5, 5.41) is 7.53. The van der Waals surface area contributed by atoms with Gasteiger partial charge < -0.3 is 10.2 Å². The second-order valence-corrected chi connectivity index (χ2v) is 7.32. The lowest BCUT2D eigenvalue weighted by Gasteiger charge is -2.24. The van der Waals surface area contributed by atoms with Gasteiger partial charge in [-0.25, -0.2) is 4.79 Å². The van der Waals surface area contributed by atoms with Gasteiger partial charge in [-0.1, -0.05) is 18.2 Å². The number of hydrogen-bond acceptors (Lipinski definition) is 3. The Labute approximate surface area is 165 Å². The summed E-state index contributed by atoms with van der Waals surface area (Å²) in [6.07, 6.45) is 3.73. The van der Waals surface area contributed by atoms with E-state index in [2.05, 4.69) is 28.4 Å².